The van der Waals surface area contributed by atoms with E-state index in [2.05, 4.69) is 20.4 Å². The van der Waals surface area contributed by atoms with E-state index in [1.54, 1.807) is 7.11 Å². The van der Waals surface area contributed by atoms with Crippen molar-refractivity contribution in [3.05, 3.63) is 0 Å². The molecule has 0 aliphatic rings. The Morgan fingerprint density at radius 2 is 1.90 bits per heavy atom. The van der Waals surface area contributed by atoms with Crippen LogP contribution in [0.15, 0.2) is 0 Å². The summed E-state index contributed by atoms with van der Waals surface area (Å²) in [6, 6.07) is 0. The summed E-state index contributed by atoms with van der Waals surface area (Å²) >= 11 is 0. The molecule has 0 radical (unpaired) electrons. The van der Waals surface area contributed by atoms with E-state index in [1.165, 1.54) is 0 Å². The number of ether oxygens (including phenoxy) is 1. The molecule has 0 aromatic carbocycles. The maximum atomic E-state index is 5.56. The molecule has 0 amide bonds. The summed E-state index contributed by atoms with van der Waals surface area (Å²) in [4.78, 5) is 0. The van der Waals surface area contributed by atoms with Crippen LogP contribution in [0.2, 0.25) is 12.1 Å². The predicted molar refractivity (Wildman–Crippen MR) is 45.9 cm³/mol. The second kappa shape index (κ2) is 5.89. The van der Waals surface area contributed by atoms with E-state index in [0.717, 1.165) is 18.8 Å². The van der Waals surface area contributed by atoms with Gasteiger partial charge < -0.3 is 9.16 Å². The lowest BCUT2D eigenvalue weighted by molar-refractivity contribution is 0.145. The molecule has 0 spiro atoms. The van der Waals surface area contributed by atoms with Crippen LogP contribution in [0.4, 0.5) is 0 Å². The SMILES string of the molecule is COCCO[SiH](C)C(C)C. The lowest BCUT2D eigenvalue weighted by Crippen LogP contribution is -2.19. The van der Waals surface area contributed by atoms with Gasteiger partial charge in [-0.3, -0.25) is 0 Å². The molecule has 0 aromatic heterocycles. The highest BCUT2D eigenvalue weighted by Gasteiger charge is 2.08. The molecule has 1 unspecified atom stereocenters. The Morgan fingerprint density at radius 3 is 2.30 bits per heavy atom. The van der Waals surface area contributed by atoms with Gasteiger partial charge in [0, 0.05) is 7.11 Å². The maximum Gasteiger partial charge on any atom is 0.176 e. The van der Waals surface area contributed by atoms with Gasteiger partial charge in [-0.1, -0.05) is 13.8 Å². The summed E-state index contributed by atoms with van der Waals surface area (Å²) in [5.74, 6) is 0. The minimum atomic E-state index is -0.887. The van der Waals surface area contributed by atoms with Crippen molar-refractivity contribution in [2.45, 2.75) is 25.9 Å². The van der Waals surface area contributed by atoms with Gasteiger partial charge in [0.15, 0.2) is 9.04 Å². The highest BCUT2D eigenvalue weighted by Crippen LogP contribution is 2.06. The van der Waals surface area contributed by atoms with Crippen LogP contribution < -0.4 is 0 Å². The van der Waals surface area contributed by atoms with E-state index in [4.69, 9.17) is 9.16 Å². The zero-order chi connectivity index (χ0) is 7.98. The first-order chi connectivity index (χ1) is 4.68. The maximum absolute atomic E-state index is 5.56. The second-order valence-corrected chi connectivity index (χ2v) is 5.89. The molecule has 0 aliphatic carbocycles. The van der Waals surface area contributed by atoms with Gasteiger partial charge in [0.25, 0.3) is 0 Å². The van der Waals surface area contributed by atoms with Gasteiger partial charge >= 0.3 is 0 Å². The standard InChI is InChI=1S/C7H18O2Si/c1-7(2)10(4)9-6-5-8-3/h7,10H,5-6H2,1-4H3. The van der Waals surface area contributed by atoms with Crippen molar-refractivity contribution >= 4 is 9.04 Å². The monoisotopic (exact) mass is 162 g/mol. The van der Waals surface area contributed by atoms with Gasteiger partial charge in [0.1, 0.15) is 0 Å². The second-order valence-electron chi connectivity index (χ2n) is 2.81. The molecule has 3 heteroatoms. The Hall–Kier alpha value is 0.137. The van der Waals surface area contributed by atoms with Gasteiger partial charge in [-0.2, -0.15) is 0 Å². The first-order valence-corrected chi connectivity index (χ1v) is 6.08. The Bertz CT molecular complexity index is 76.0. The van der Waals surface area contributed by atoms with Crippen molar-refractivity contribution in [2.75, 3.05) is 20.3 Å². The van der Waals surface area contributed by atoms with Crippen LogP contribution in [-0.2, 0) is 9.16 Å². The number of methoxy groups -OCH3 is 1. The first kappa shape index (κ1) is 10.1. The minimum absolute atomic E-state index is 0.726. The van der Waals surface area contributed by atoms with Crippen LogP contribution in [0, 0.1) is 0 Å². The van der Waals surface area contributed by atoms with Crippen LogP contribution in [0.1, 0.15) is 13.8 Å². The summed E-state index contributed by atoms with van der Waals surface area (Å²) in [5.41, 5.74) is 0.733. The fourth-order valence-corrected chi connectivity index (χ4v) is 1.36. The fourth-order valence-electron chi connectivity index (χ4n) is 0.510. The van der Waals surface area contributed by atoms with Crippen molar-refractivity contribution in [2.24, 2.45) is 0 Å². The average Bonchev–Trinajstić information content (AvgIpc) is 1.88. The Kier molecular flexibility index (Phi) is 5.97. The molecule has 62 valence electrons. The Labute approximate surface area is 65.3 Å². The quantitative estimate of drug-likeness (QED) is 0.449. The summed E-state index contributed by atoms with van der Waals surface area (Å²) in [6.07, 6.45) is 0. The van der Waals surface area contributed by atoms with Gasteiger partial charge in [-0.15, -0.1) is 0 Å². The van der Waals surface area contributed by atoms with Gasteiger partial charge in [0.2, 0.25) is 0 Å². The van der Waals surface area contributed by atoms with Gasteiger partial charge in [-0.05, 0) is 12.1 Å². The third kappa shape index (κ3) is 4.96. The molecule has 0 heterocycles. The predicted octanol–water partition coefficient (Wildman–Crippen LogP) is 1.41. The van der Waals surface area contributed by atoms with Crippen LogP contribution in [0.3, 0.4) is 0 Å². The van der Waals surface area contributed by atoms with E-state index in [0.29, 0.717) is 0 Å². The van der Waals surface area contributed by atoms with E-state index >= 15 is 0 Å². The van der Waals surface area contributed by atoms with E-state index in [1.807, 2.05) is 0 Å². The summed E-state index contributed by atoms with van der Waals surface area (Å²) in [7, 11) is 0.812. The number of hydrogen-bond acceptors (Lipinski definition) is 2. The molecule has 1 atom stereocenters. The van der Waals surface area contributed by atoms with Crippen LogP contribution in [0.25, 0.3) is 0 Å². The number of rotatable bonds is 5. The zero-order valence-corrected chi connectivity index (χ0v) is 8.54. The van der Waals surface area contributed by atoms with Crippen LogP contribution in [-0.4, -0.2) is 29.4 Å². The van der Waals surface area contributed by atoms with Gasteiger partial charge in [0.05, 0.1) is 13.2 Å². The minimum Gasteiger partial charge on any atom is -0.418 e. The molecular formula is C7H18O2Si. The number of hydrogen-bond donors (Lipinski definition) is 0. The molecule has 0 saturated carbocycles. The molecule has 0 aromatic rings. The summed E-state index contributed by atoms with van der Waals surface area (Å²) in [5, 5.41) is 0. The van der Waals surface area contributed by atoms with E-state index in [9.17, 15) is 0 Å². The molecule has 0 aliphatic heterocycles. The molecule has 0 N–H and O–H groups in total. The van der Waals surface area contributed by atoms with Gasteiger partial charge in [-0.25, -0.2) is 0 Å². The van der Waals surface area contributed by atoms with Crippen molar-refractivity contribution in [1.82, 2.24) is 0 Å². The Morgan fingerprint density at radius 1 is 1.30 bits per heavy atom. The van der Waals surface area contributed by atoms with Crippen LogP contribution >= 0.6 is 0 Å². The molecule has 0 fully saturated rings. The lowest BCUT2D eigenvalue weighted by Gasteiger charge is -2.13. The Balaban J connectivity index is 3.13. The topological polar surface area (TPSA) is 18.5 Å². The molecular weight excluding hydrogens is 144 g/mol. The molecule has 10 heavy (non-hydrogen) atoms. The van der Waals surface area contributed by atoms with E-state index < -0.39 is 9.04 Å². The largest absolute Gasteiger partial charge is 0.418 e. The molecule has 0 rings (SSSR count). The average molecular weight is 162 g/mol. The van der Waals surface area contributed by atoms with Crippen molar-refractivity contribution in [3.8, 4) is 0 Å². The summed E-state index contributed by atoms with van der Waals surface area (Å²) in [6.45, 7) is 8.14. The highest BCUT2D eigenvalue weighted by molar-refractivity contribution is 6.51. The third-order valence-electron chi connectivity index (χ3n) is 1.61. The lowest BCUT2D eigenvalue weighted by atomic mass is 10.6. The zero-order valence-electron chi connectivity index (χ0n) is 7.39. The van der Waals surface area contributed by atoms with Crippen LogP contribution in [0.5, 0.6) is 0 Å². The normalized spacial score (nSPS) is 14.1. The fraction of sp³-hybridized carbons (Fsp3) is 1.00. The molecule has 0 bridgehead atoms. The van der Waals surface area contributed by atoms with Crippen molar-refractivity contribution in [1.29, 1.82) is 0 Å². The third-order valence-corrected chi connectivity index (χ3v) is 4.25. The molecule has 2 nitrogen and oxygen atoms in total. The smallest absolute Gasteiger partial charge is 0.176 e. The van der Waals surface area contributed by atoms with E-state index in [-0.39, 0.29) is 0 Å². The van der Waals surface area contributed by atoms with Crippen molar-refractivity contribution in [3.63, 3.8) is 0 Å². The first-order valence-electron chi connectivity index (χ1n) is 3.79. The van der Waals surface area contributed by atoms with Crippen molar-refractivity contribution < 1.29 is 9.16 Å². The summed E-state index contributed by atoms with van der Waals surface area (Å²) < 4.78 is 10.4. The molecule has 0 saturated heterocycles. The highest BCUT2D eigenvalue weighted by atomic mass is 28.3.